The van der Waals surface area contributed by atoms with E-state index in [-0.39, 0.29) is 12.4 Å². The lowest BCUT2D eigenvalue weighted by atomic mass is 10.1. The van der Waals surface area contributed by atoms with Crippen LogP contribution in [0.25, 0.3) is 28.5 Å². The minimum atomic E-state index is -0.462. The van der Waals surface area contributed by atoms with Gasteiger partial charge in [0, 0.05) is 23.5 Å². The molecule has 0 unspecified atom stereocenters. The average molecular weight is 456 g/mol. The number of benzene rings is 2. The molecule has 0 radical (unpaired) electrons. The lowest BCUT2D eigenvalue weighted by Gasteiger charge is -2.06. The number of carbonyl (C=O) groups is 1. The summed E-state index contributed by atoms with van der Waals surface area (Å²) in [5.74, 6) is 0.858. The summed E-state index contributed by atoms with van der Waals surface area (Å²) in [7, 11) is 1.54. The number of amides is 1. The molecule has 0 aliphatic heterocycles. The molecular weight excluding hydrogens is 436 g/mol. The number of anilines is 1. The van der Waals surface area contributed by atoms with Crippen molar-refractivity contribution in [2.45, 2.75) is 13.5 Å². The van der Waals surface area contributed by atoms with E-state index in [0.717, 1.165) is 15.8 Å². The Morgan fingerprint density at radius 2 is 1.97 bits per heavy atom. The first-order valence-electron chi connectivity index (χ1n) is 10.4. The highest BCUT2D eigenvalue weighted by atomic mass is 16.5. The van der Waals surface area contributed by atoms with Gasteiger partial charge >= 0.3 is 5.69 Å². The smallest absolute Gasteiger partial charge is 0.350 e. The fraction of sp³-hybridized carbons (Fsp3) is 0.125. The molecule has 3 heterocycles. The quantitative estimate of drug-likeness (QED) is 0.417. The zero-order chi connectivity index (χ0) is 23.7. The van der Waals surface area contributed by atoms with Crippen molar-refractivity contribution >= 4 is 17.2 Å². The second-order valence-corrected chi connectivity index (χ2v) is 7.63. The van der Waals surface area contributed by atoms with Crippen LogP contribution in [-0.2, 0) is 11.3 Å². The molecule has 0 spiro atoms. The van der Waals surface area contributed by atoms with Gasteiger partial charge in [0.1, 0.15) is 12.3 Å². The Kier molecular flexibility index (Phi) is 5.38. The van der Waals surface area contributed by atoms with Gasteiger partial charge in [0.2, 0.25) is 11.7 Å². The van der Waals surface area contributed by atoms with E-state index in [1.807, 2.05) is 31.2 Å². The number of methoxy groups -OCH3 is 1. The minimum absolute atomic E-state index is 0.222. The number of nitrogens with one attached hydrogen (secondary N) is 1. The van der Waals surface area contributed by atoms with E-state index < -0.39 is 11.6 Å². The van der Waals surface area contributed by atoms with E-state index in [0.29, 0.717) is 28.5 Å². The van der Waals surface area contributed by atoms with Gasteiger partial charge in [0.15, 0.2) is 5.65 Å². The van der Waals surface area contributed by atoms with Gasteiger partial charge in [-0.3, -0.25) is 4.79 Å². The average Bonchev–Trinajstić information content (AvgIpc) is 3.45. The summed E-state index contributed by atoms with van der Waals surface area (Å²) in [5, 5.41) is 11.2. The van der Waals surface area contributed by atoms with Crippen molar-refractivity contribution in [2.24, 2.45) is 0 Å². The maximum Gasteiger partial charge on any atom is 0.350 e. The summed E-state index contributed by atoms with van der Waals surface area (Å²) in [6.45, 7) is 1.71. The Labute approximate surface area is 193 Å². The lowest BCUT2D eigenvalue weighted by Crippen LogP contribution is -2.28. The van der Waals surface area contributed by atoms with E-state index in [9.17, 15) is 9.59 Å². The Morgan fingerprint density at radius 1 is 1.12 bits per heavy atom. The van der Waals surface area contributed by atoms with Crippen molar-refractivity contribution in [1.29, 1.82) is 0 Å². The number of ether oxygens (including phenoxy) is 1. The van der Waals surface area contributed by atoms with Crippen molar-refractivity contribution in [3.8, 4) is 28.6 Å². The zero-order valence-electron chi connectivity index (χ0n) is 18.4. The van der Waals surface area contributed by atoms with Crippen LogP contribution in [0.1, 0.15) is 5.56 Å². The number of hydrogen-bond donors (Lipinski definition) is 1. The summed E-state index contributed by atoms with van der Waals surface area (Å²) in [6.07, 6.45) is 1.57. The Bertz CT molecular complexity index is 1570. The number of aryl methyl sites for hydroxylation is 1. The standard InChI is InChI=1S/C24H20N6O4/c1-15-6-3-7-16(12-15)21-26-23(34-28-21)19-10-5-11-29-22(19)27-30(24(29)32)14-20(31)25-17-8-4-9-18(13-17)33-2/h3-13H,14H2,1-2H3,(H,25,31). The van der Waals surface area contributed by atoms with Gasteiger partial charge in [-0.15, -0.1) is 5.10 Å². The maximum absolute atomic E-state index is 12.9. The molecule has 10 nitrogen and oxygen atoms in total. The first-order chi connectivity index (χ1) is 16.5. The van der Waals surface area contributed by atoms with E-state index in [1.54, 1.807) is 49.7 Å². The normalized spacial score (nSPS) is 11.0. The minimum Gasteiger partial charge on any atom is -0.497 e. The van der Waals surface area contributed by atoms with E-state index >= 15 is 0 Å². The fourth-order valence-electron chi connectivity index (χ4n) is 3.58. The molecule has 10 heteroatoms. The largest absolute Gasteiger partial charge is 0.497 e. The van der Waals surface area contributed by atoms with Crippen LogP contribution in [0.5, 0.6) is 5.75 Å². The molecule has 0 aliphatic rings. The topological polar surface area (TPSA) is 117 Å². The number of aromatic nitrogens is 5. The van der Waals surface area contributed by atoms with Crippen LogP contribution >= 0.6 is 0 Å². The number of pyridine rings is 1. The van der Waals surface area contributed by atoms with Gasteiger partial charge in [-0.25, -0.2) is 13.9 Å². The third kappa shape index (κ3) is 4.04. The summed E-state index contributed by atoms with van der Waals surface area (Å²) in [4.78, 5) is 29.9. The highest BCUT2D eigenvalue weighted by Gasteiger charge is 2.18. The summed E-state index contributed by atoms with van der Waals surface area (Å²) < 4.78 is 13.1. The molecule has 0 saturated heterocycles. The van der Waals surface area contributed by atoms with Gasteiger partial charge in [-0.1, -0.05) is 35.0 Å². The van der Waals surface area contributed by atoms with Crippen molar-refractivity contribution in [3.63, 3.8) is 0 Å². The molecule has 170 valence electrons. The fourth-order valence-corrected chi connectivity index (χ4v) is 3.58. The van der Waals surface area contributed by atoms with Crippen molar-refractivity contribution < 1.29 is 14.1 Å². The Morgan fingerprint density at radius 3 is 2.79 bits per heavy atom. The van der Waals surface area contributed by atoms with Crippen LogP contribution < -0.4 is 15.7 Å². The molecule has 3 aromatic heterocycles. The number of hydrogen-bond acceptors (Lipinski definition) is 7. The number of carbonyl (C=O) groups excluding carboxylic acids is 1. The molecular formula is C24H20N6O4. The molecule has 2 aromatic carbocycles. The molecule has 0 atom stereocenters. The molecule has 0 fully saturated rings. The Balaban J connectivity index is 1.44. The number of fused-ring (bicyclic) bond motifs is 1. The highest BCUT2D eigenvalue weighted by molar-refractivity contribution is 5.90. The molecule has 34 heavy (non-hydrogen) atoms. The van der Waals surface area contributed by atoms with Crippen molar-refractivity contribution in [1.82, 2.24) is 24.3 Å². The third-order valence-electron chi connectivity index (χ3n) is 5.19. The van der Waals surface area contributed by atoms with E-state index in [2.05, 4.69) is 20.6 Å². The van der Waals surface area contributed by atoms with Crippen LogP contribution in [0.2, 0.25) is 0 Å². The summed E-state index contributed by atoms with van der Waals surface area (Å²) in [6, 6.07) is 18.1. The predicted octanol–water partition coefficient (Wildman–Crippen LogP) is 3.17. The van der Waals surface area contributed by atoms with E-state index in [4.69, 9.17) is 9.26 Å². The van der Waals surface area contributed by atoms with Crippen LogP contribution in [-0.4, -0.2) is 37.3 Å². The van der Waals surface area contributed by atoms with Gasteiger partial charge < -0.3 is 14.6 Å². The van der Waals surface area contributed by atoms with Gasteiger partial charge in [-0.2, -0.15) is 4.98 Å². The molecule has 0 aliphatic carbocycles. The second-order valence-electron chi connectivity index (χ2n) is 7.63. The van der Waals surface area contributed by atoms with Gasteiger partial charge in [0.05, 0.1) is 12.7 Å². The SMILES string of the molecule is COc1cccc(NC(=O)Cn2nc3c(-c4nc(-c5cccc(C)c5)no4)cccn3c2=O)c1. The Hall–Kier alpha value is -4.73. The number of rotatable bonds is 6. The van der Waals surface area contributed by atoms with Crippen LogP contribution in [0.15, 0.2) is 76.2 Å². The van der Waals surface area contributed by atoms with Crippen molar-refractivity contribution in [3.05, 3.63) is 82.9 Å². The third-order valence-corrected chi connectivity index (χ3v) is 5.19. The number of nitrogens with zero attached hydrogens (tertiary/aromatic N) is 5. The molecule has 0 saturated carbocycles. The van der Waals surface area contributed by atoms with E-state index in [1.165, 1.54) is 4.40 Å². The zero-order valence-corrected chi connectivity index (χ0v) is 18.4. The monoisotopic (exact) mass is 456 g/mol. The van der Waals surface area contributed by atoms with Crippen molar-refractivity contribution in [2.75, 3.05) is 12.4 Å². The molecule has 5 aromatic rings. The first kappa shape index (κ1) is 21.1. The molecule has 1 amide bonds. The van der Waals surface area contributed by atoms with Gasteiger partial charge in [0.25, 0.3) is 5.89 Å². The first-order valence-corrected chi connectivity index (χ1v) is 10.4. The van der Waals surface area contributed by atoms with Crippen LogP contribution in [0, 0.1) is 6.92 Å². The second kappa shape index (κ2) is 8.66. The predicted molar refractivity (Wildman–Crippen MR) is 125 cm³/mol. The molecule has 0 bridgehead atoms. The summed E-state index contributed by atoms with van der Waals surface area (Å²) in [5.41, 5.74) is 2.77. The van der Waals surface area contributed by atoms with Gasteiger partial charge in [-0.05, 0) is 37.3 Å². The van der Waals surface area contributed by atoms with Crippen LogP contribution in [0.4, 0.5) is 5.69 Å². The van der Waals surface area contributed by atoms with Crippen LogP contribution in [0.3, 0.4) is 0 Å². The lowest BCUT2D eigenvalue weighted by molar-refractivity contribution is -0.117. The summed E-state index contributed by atoms with van der Waals surface area (Å²) >= 11 is 0. The molecule has 1 N–H and O–H groups in total. The maximum atomic E-state index is 12.9. The highest BCUT2D eigenvalue weighted by Crippen LogP contribution is 2.25. The molecule has 5 rings (SSSR count).